The highest BCUT2D eigenvalue weighted by Gasteiger charge is 2.40. The lowest BCUT2D eigenvalue weighted by Crippen LogP contribution is -2.59. The van der Waals surface area contributed by atoms with Crippen molar-refractivity contribution in [3.63, 3.8) is 0 Å². The Labute approximate surface area is 473 Å². The van der Waals surface area contributed by atoms with Crippen LogP contribution in [0.15, 0.2) is 104 Å². The summed E-state index contributed by atoms with van der Waals surface area (Å²) in [6.45, 7) is 8.53. The molecule has 8 atom stereocenters. The topological polar surface area (TPSA) is 331 Å². The van der Waals surface area contributed by atoms with Gasteiger partial charge in [-0.25, -0.2) is 4.98 Å². The van der Waals surface area contributed by atoms with Gasteiger partial charge in [-0.3, -0.25) is 57.1 Å². The molecule has 6 aromatic rings. The van der Waals surface area contributed by atoms with Crippen LogP contribution in [0.4, 0.5) is 0 Å². The zero-order valence-corrected chi connectivity index (χ0v) is 46.5. The number of fused-ring (bicyclic) bond motifs is 2. The number of nitrogens with zero attached hydrogens (tertiary/aromatic N) is 4. The number of carbonyl (C=O) groups excluding carboxylic acids is 10. The van der Waals surface area contributed by atoms with E-state index in [1.165, 1.54) is 33.5 Å². The zero-order valence-electron chi connectivity index (χ0n) is 46.5. The van der Waals surface area contributed by atoms with Gasteiger partial charge >= 0.3 is 0 Å². The summed E-state index contributed by atoms with van der Waals surface area (Å²) in [5.74, 6) is -6.08. The number of carbonyl (C=O) groups is 10. The minimum absolute atomic E-state index is 0.0180. The summed E-state index contributed by atoms with van der Waals surface area (Å²) in [5, 5.41) is 29.7. The molecule has 1 aliphatic rings. The Kier molecular flexibility index (Phi) is 20.7. The van der Waals surface area contributed by atoms with Crippen LogP contribution < -0.4 is 37.6 Å². The summed E-state index contributed by atoms with van der Waals surface area (Å²) in [5.41, 5.74) is 9.31. The van der Waals surface area contributed by atoms with Crippen molar-refractivity contribution in [1.82, 2.24) is 55.9 Å². The van der Waals surface area contributed by atoms with Crippen molar-refractivity contribution in [1.29, 1.82) is 0 Å². The fourth-order valence-electron chi connectivity index (χ4n) is 10.6. The summed E-state index contributed by atoms with van der Waals surface area (Å²) >= 11 is 0. The zero-order chi connectivity index (χ0) is 59.2. The van der Waals surface area contributed by atoms with Gasteiger partial charge in [-0.15, -0.1) is 0 Å². The number of para-hydroxylation sites is 2. The van der Waals surface area contributed by atoms with E-state index in [1.54, 1.807) is 99.0 Å². The average Bonchev–Trinajstić information content (AvgIpc) is 4.37. The van der Waals surface area contributed by atoms with Gasteiger partial charge in [0, 0.05) is 74.2 Å². The van der Waals surface area contributed by atoms with Crippen molar-refractivity contribution in [3.05, 3.63) is 126 Å². The second kappa shape index (κ2) is 27.9. The van der Waals surface area contributed by atoms with Crippen LogP contribution in [-0.4, -0.2) is 144 Å². The molecule has 3 aromatic carbocycles. The molecule has 0 saturated carbocycles. The highest BCUT2D eigenvalue weighted by molar-refractivity contribution is 5.97. The van der Waals surface area contributed by atoms with E-state index in [9.17, 15) is 53.1 Å². The number of imidazole rings is 1. The molecule has 0 bridgehead atoms. The first kappa shape index (κ1) is 60.6. The maximum atomic E-state index is 14.7. The third-order valence-corrected chi connectivity index (χ3v) is 14.6. The molecule has 1 saturated heterocycles. The summed E-state index contributed by atoms with van der Waals surface area (Å²) in [6, 6.07) is 14.8. The van der Waals surface area contributed by atoms with Gasteiger partial charge in [0.25, 0.3) is 0 Å². The van der Waals surface area contributed by atoms with Gasteiger partial charge < -0.3 is 52.6 Å². The Morgan fingerprint density at radius 2 is 1.27 bits per heavy atom. The van der Waals surface area contributed by atoms with E-state index in [2.05, 4.69) is 41.9 Å². The Hall–Kier alpha value is -8.99. The SMILES string of the molecule is CC(=O)N[C@@H](Cc1cn(C=O)c2ccccc12)C(=O)N1CCC[C@H]1C(=O)N[C@@H](Cc1ccccc1)C(=O)N[C@@H](Cc1cnc[nH]1)C(=O)NC(CC(C)C)C(O)CC(=O)N[C@H](C(=O)N[C@@H](Cc1cn(C=O)c2ccccc12)C(N)=O)C(C)C. The number of hydrogen-bond acceptors (Lipinski definition) is 12. The number of rotatable bonds is 28. The van der Waals surface area contributed by atoms with E-state index in [4.69, 9.17) is 5.73 Å². The third kappa shape index (κ3) is 15.5. The van der Waals surface area contributed by atoms with E-state index in [0.29, 0.717) is 63.4 Å². The fraction of sp³-hybridized carbons (Fsp3) is 0.407. The summed E-state index contributed by atoms with van der Waals surface area (Å²) in [7, 11) is 0. The molecule has 7 rings (SSSR count). The number of aromatic amines is 1. The standard InChI is InChI=1S/C59H72N12O11/c1-34(2)22-43(51(75)27-52(76)68-53(35(3)4)58(81)65-44(54(60)77)24-38-29-69(32-72)48-18-11-9-16-41(38)48)64-56(79)46(26-40-28-61-31-62-40)66-55(78)45(23-37-14-7-6-8-15-37)67-57(80)50-20-13-21-71(50)59(82)47(63-36(5)74)25-39-30-70(33-73)49-19-12-10-17-42(39)49/h6-12,14-19,28-35,43-47,50-51,53,75H,13,20-27H2,1-5H3,(H2,60,77)(H,61,62)(H,63,74)(H,64,79)(H,65,81)(H,66,78)(H,67,80)(H,68,76)/t43?,44-,45-,46-,47-,50-,51?,53-/m0/s1. The first-order chi connectivity index (χ1) is 39.2. The monoisotopic (exact) mass is 1120 g/mol. The molecular formula is C59H72N12O11. The van der Waals surface area contributed by atoms with E-state index >= 15 is 0 Å². The minimum atomic E-state index is -1.51. The van der Waals surface area contributed by atoms with Crippen molar-refractivity contribution in [3.8, 4) is 0 Å². The number of aromatic nitrogens is 4. The highest BCUT2D eigenvalue weighted by atomic mass is 16.3. The van der Waals surface area contributed by atoms with Crippen molar-refractivity contribution >= 4 is 81.9 Å². The second-order valence-corrected chi connectivity index (χ2v) is 21.6. The van der Waals surface area contributed by atoms with E-state index < -0.39 is 108 Å². The van der Waals surface area contributed by atoms with Crippen LogP contribution in [0.3, 0.4) is 0 Å². The predicted molar refractivity (Wildman–Crippen MR) is 304 cm³/mol. The molecule has 2 unspecified atom stereocenters. The summed E-state index contributed by atoms with van der Waals surface area (Å²) in [6.07, 6.45) is 5.91. The molecule has 0 radical (unpaired) electrons. The highest BCUT2D eigenvalue weighted by Crippen LogP contribution is 2.26. The molecule has 8 amide bonds. The fourth-order valence-corrected chi connectivity index (χ4v) is 10.6. The Bertz CT molecular complexity index is 3260. The molecule has 1 fully saturated rings. The van der Waals surface area contributed by atoms with Gasteiger partial charge in [0.1, 0.15) is 36.3 Å². The summed E-state index contributed by atoms with van der Waals surface area (Å²) in [4.78, 5) is 143. The number of aliphatic hydroxyl groups excluding tert-OH is 1. The van der Waals surface area contributed by atoms with E-state index in [1.807, 2.05) is 19.9 Å². The Morgan fingerprint density at radius 1 is 0.695 bits per heavy atom. The number of nitrogens with two attached hydrogens (primary N) is 1. The smallest absolute Gasteiger partial charge is 0.246 e. The maximum absolute atomic E-state index is 14.7. The number of hydrogen-bond donors (Lipinski definition) is 9. The average molecular weight is 1130 g/mol. The molecule has 0 aliphatic carbocycles. The van der Waals surface area contributed by atoms with Crippen LogP contribution in [-0.2, 0) is 73.6 Å². The largest absolute Gasteiger partial charge is 0.390 e. The first-order valence-electron chi connectivity index (χ1n) is 27.4. The van der Waals surface area contributed by atoms with Crippen molar-refractivity contribution < 1.29 is 53.1 Å². The molecule has 23 heteroatoms. The lowest BCUT2D eigenvalue weighted by molar-refractivity contribution is -0.142. The number of amides is 8. The molecule has 82 heavy (non-hydrogen) atoms. The molecule has 434 valence electrons. The number of likely N-dealkylation sites (tertiary alicyclic amines) is 1. The number of aliphatic hydroxyl groups is 1. The lowest BCUT2D eigenvalue weighted by atomic mass is 9.95. The molecule has 23 nitrogen and oxygen atoms in total. The Balaban J connectivity index is 1.05. The number of benzene rings is 3. The van der Waals surface area contributed by atoms with Gasteiger partial charge in [0.05, 0.1) is 35.9 Å². The summed E-state index contributed by atoms with van der Waals surface area (Å²) < 4.78 is 2.75. The van der Waals surface area contributed by atoms with Gasteiger partial charge in [-0.1, -0.05) is 94.4 Å². The Morgan fingerprint density at radius 3 is 1.83 bits per heavy atom. The van der Waals surface area contributed by atoms with Crippen LogP contribution in [0.5, 0.6) is 0 Å². The van der Waals surface area contributed by atoms with Crippen LogP contribution in [0.2, 0.25) is 0 Å². The van der Waals surface area contributed by atoms with Crippen LogP contribution >= 0.6 is 0 Å². The van der Waals surface area contributed by atoms with Crippen molar-refractivity contribution in [2.75, 3.05) is 6.54 Å². The predicted octanol–water partition coefficient (Wildman–Crippen LogP) is 1.52. The molecule has 10 N–H and O–H groups in total. The normalized spacial score (nSPS) is 15.9. The number of primary amides is 1. The van der Waals surface area contributed by atoms with Crippen molar-refractivity contribution in [2.45, 2.75) is 134 Å². The number of nitrogens with one attached hydrogen (secondary N) is 7. The van der Waals surface area contributed by atoms with Gasteiger partial charge in [-0.2, -0.15) is 0 Å². The number of H-pyrrole nitrogens is 1. The van der Waals surface area contributed by atoms with Gasteiger partial charge in [0.2, 0.25) is 60.1 Å². The molecule has 0 spiro atoms. The molecular weight excluding hydrogens is 1050 g/mol. The second-order valence-electron chi connectivity index (χ2n) is 21.6. The van der Waals surface area contributed by atoms with Crippen LogP contribution in [0, 0.1) is 11.8 Å². The van der Waals surface area contributed by atoms with Crippen LogP contribution in [0.25, 0.3) is 21.8 Å². The van der Waals surface area contributed by atoms with Crippen molar-refractivity contribution in [2.24, 2.45) is 17.6 Å². The van der Waals surface area contributed by atoms with E-state index in [0.717, 1.165) is 0 Å². The lowest BCUT2D eigenvalue weighted by Gasteiger charge is -2.31. The molecule has 1 aliphatic heterocycles. The first-order valence-corrected chi connectivity index (χ1v) is 27.4. The molecule has 3 aromatic heterocycles. The van der Waals surface area contributed by atoms with Gasteiger partial charge in [-0.05, 0) is 59.9 Å². The quantitative estimate of drug-likeness (QED) is 0.0316. The van der Waals surface area contributed by atoms with E-state index in [-0.39, 0.29) is 51.0 Å². The van der Waals surface area contributed by atoms with Crippen LogP contribution in [0.1, 0.15) is 82.7 Å². The minimum Gasteiger partial charge on any atom is -0.390 e. The van der Waals surface area contributed by atoms with Gasteiger partial charge in [0.15, 0.2) is 0 Å². The maximum Gasteiger partial charge on any atom is 0.246 e. The third-order valence-electron chi connectivity index (χ3n) is 14.6. The molecule has 4 heterocycles.